The summed E-state index contributed by atoms with van der Waals surface area (Å²) in [7, 11) is 4.04. The van der Waals surface area contributed by atoms with Gasteiger partial charge in [0.15, 0.2) is 5.13 Å². The molecule has 86 valence electrons. The van der Waals surface area contributed by atoms with E-state index < -0.39 is 0 Å². The Balaban J connectivity index is 2.44. The number of aromatic nitrogens is 1. The summed E-state index contributed by atoms with van der Waals surface area (Å²) in [5, 5.41) is 4.58. The molecule has 1 rings (SSSR count). The molecular weight excluding hydrogens is 206 g/mol. The minimum atomic E-state index is 0.551. The molecule has 0 saturated carbocycles. The van der Waals surface area contributed by atoms with Crippen LogP contribution in [0.5, 0.6) is 0 Å². The van der Waals surface area contributed by atoms with E-state index in [1.54, 1.807) is 11.3 Å². The molecule has 1 atom stereocenters. The van der Waals surface area contributed by atoms with Gasteiger partial charge in [0.1, 0.15) is 0 Å². The number of nitrogens with zero attached hydrogens (tertiary/aromatic N) is 2. The van der Waals surface area contributed by atoms with Gasteiger partial charge in [0.05, 0.1) is 0 Å². The Hall–Kier alpha value is -0.610. The van der Waals surface area contributed by atoms with Gasteiger partial charge in [-0.25, -0.2) is 4.98 Å². The van der Waals surface area contributed by atoms with Crippen molar-refractivity contribution in [1.82, 2.24) is 10.3 Å². The molecule has 0 bridgehead atoms. The fraction of sp³-hybridized carbons (Fsp3) is 0.727. The fourth-order valence-electron chi connectivity index (χ4n) is 1.08. The smallest absolute Gasteiger partial charge is 0.185 e. The molecule has 0 amide bonds. The summed E-state index contributed by atoms with van der Waals surface area (Å²) in [6, 6.07) is 0.551. The molecule has 1 heterocycles. The quantitative estimate of drug-likeness (QED) is 0.837. The second kappa shape index (κ2) is 5.47. The minimum absolute atomic E-state index is 0.551. The maximum absolute atomic E-state index is 4.34. The van der Waals surface area contributed by atoms with Gasteiger partial charge in [0.2, 0.25) is 0 Å². The number of hydrogen-bond acceptors (Lipinski definition) is 4. The first kappa shape index (κ1) is 12.5. The van der Waals surface area contributed by atoms with Crippen LogP contribution in [0.1, 0.15) is 25.6 Å². The van der Waals surface area contributed by atoms with E-state index in [1.165, 1.54) is 4.88 Å². The average molecular weight is 227 g/mol. The summed E-state index contributed by atoms with van der Waals surface area (Å²) in [5.74, 6) is 0.672. The zero-order valence-electron chi connectivity index (χ0n) is 10.2. The lowest BCUT2D eigenvalue weighted by atomic mass is 10.1. The van der Waals surface area contributed by atoms with Crippen LogP contribution in [0.25, 0.3) is 0 Å². The Kier molecular flexibility index (Phi) is 4.54. The van der Waals surface area contributed by atoms with E-state index in [1.807, 2.05) is 25.2 Å². The molecule has 0 aromatic carbocycles. The van der Waals surface area contributed by atoms with Gasteiger partial charge in [-0.15, -0.1) is 11.3 Å². The molecule has 4 heteroatoms. The van der Waals surface area contributed by atoms with E-state index >= 15 is 0 Å². The zero-order chi connectivity index (χ0) is 11.4. The van der Waals surface area contributed by atoms with Crippen molar-refractivity contribution in [2.75, 3.05) is 19.0 Å². The third-order valence-electron chi connectivity index (χ3n) is 2.52. The van der Waals surface area contributed by atoms with Crippen LogP contribution in [0.4, 0.5) is 5.13 Å². The predicted octanol–water partition coefficient (Wildman–Crippen LogP) is 2.34. The zero-order valence-corrected chi connectivity index (χ0v) is 11.1. The monoisotopic (exact) mass is 227 g/mol. The molecule has 0 radical (unpaired) electrons. The second-order valence-corrected chi connectivity index (χ2v) is 5.51. The molecule has 3 nitrogen and oxygen atoms in total. The Bertz CT molecular complexity index is 294. The Morgan fingerprint density at radius 1 is 1.40 bits per heavy atom. The van der Waals surface area contributed by atoms with Gasteiger partial charge in [-0.2, -0.15) is 0 Å². The Morgan fingerprint density at radius 3 is 2.53 bits per heavy atom. The van der Waals surface area contributed by atoms with Crippen LogP contribution in [0.3, 0.4) is 0 Å². The second-order valence-electron chi connectivity index (χ2n) is 4.42. The number of anilines is 1. The van der Waals surface area contributed by atoms with E-state index in [0.717, 1.165) is 11.7 Å². The van der Waals surface area contributed by atoms with Gasteiger partial charge < -0.3 is 10.2 Å². The molecule has 1 aromatic heterocycles. The van der Waals surface area contributed by atoms with E-state index in [0.29, 0.717) is 12.0 Å². The summed E-state index contributed by atoms with van der Waals surface area (Å²) in [6.07, 6.45) is 1.96. The van der Waals surface area contributed by atoms with Crippen molar-refractivity contribution >= 4 is 16.5 Å². The summed E-state index contributed by atoms with van der Waals surface area (Å²) in [4.78, 5) is 7.68. The van der Waals surface area contributed by atoms with Crippen LogP contribution in [-0.2, 0) is 6.54 Å². The highest BCUT2D eigenvalue weighted by molar-refractivity contribution is 7.15. The van der Waals surface area contributed by atoms with Crippen LogP contribution >= 0.6 is 11.3 Å². The molecule has 1 aromatic rings. The Morgan fingerprint density at radius 2 is 2.07 bits per heavy atom. The molecule has 0 aliphatic rings. The normalized spacial score (nSPS) is 13.2. The van der Waals surface area contributed by atoms with Crippen LogP contribution < -0.4 is 10.2 Å². The molecule has 1 unspecified atom stereocenters. The van der Waals surface area contributed by atoms with Gasteiger partial charge in [0, 0.05) is 37.8 Å². The molecule has 15 heavy (non-hydrogen) atoms. The van der Waals surface area contributed by atoms with Crippen molar-refractivity contribution in [3.8, 4) is 0 Å². The molecule has 0 aliphatic carbocycles. The van der Waals surface area contributed by atoms with Crippen molar-refractivity contribution in [3.05, 3.63) is 11.1 Å². The third kappa shape index (κ3) is 3.80. The molecule has 0 fully saturated rings. The van der Waals surface area contributed by atoms with Crippen LogP contribution in [-0.4, -0.2) is 25.1 Å². The topological polar surface area (TPSA) is 28.2 Å². The van der Waals surface area contributed by atoms with Crippen molar-refractivity contribution in [2.24, 2.45) is 5.92 Å². The highest BCUT2D eigenvalue weighted by Crippen LogP contribution is 2.20. The molecule has 1 N–H and O–H groups in total. The average Bonchev–Trinajstić information content (AvgIpc) is 2.62. The molecular formula is C11H21N3S. The number of nitrogens with one attached hydrogen (secondary N) is 1. The lowest BCUT2D eigenvalue weighted by Gasteiger charge is -2.16. The lowest BCUT2D eigenvalue weighted by molar-refractivity contribution is 0.427. The molecule has 0 saturated heterocycles. The van der Waals surface area contributed by atoms with Crippen molar-refractivity contribution in [1.29, 1.82) is 0 Å². The summed E-state index contributed by atoms with van der Waals surface area (Å²) in [5.41, 5.74) is 0. The van der Waals surface area contributed by atoms with Gasteiger partial charge in [-0.1, -0.05) is 13.8 Å². The van der Waals surface area contributed by atoms with Crippen LogP contribution in [0.15, 0.2) is 6.20 Å². The fourth-order valence-corrected chi connectivity index (χ4v) is 1.87. The SMILES string of the molecule is CC(C)C(C)NCc1cnc(N(C)C)s1. The third-order valence-corrected chi connectivity index (χ3v) is 3.69. The highest BCUT2D eigenvalue weighted by atomic mass is 32.1. The summed E-state index contributed by atoms with van der Waals surface area (Å²) >= 11 is 1.75. The van der Waals surface area contributed by atoms with Crippen LogP contribution in [0, 0.1) is 5.92 Å². The van der Waals surface area contributed by atoms with E-state index in [-0.39, 0.29) is 0 Å². The summed E-state index contributed by atoms with van der Waals surface area (Å²) < 4.78 is 0. The van der Waals surface area contributed by atoms with Crippen molar-refractivity contribution in [3.63, 3.8) is 0 Å². The maximum atomic E-state index is 4.34. The largest absolute Gasteiger partial charge is 0.354 e. The maximum Gasteiger partial charge on any atom is 0.185 e. The summed E-state index contributed by atoms with van der Waals surface area (Å²) in [6.45, 7) is 7.61. The number of rotatable bonds is 5. The first-order chi connectivity index (χ1) is 7.00. The van der Waals surface area contributed by atoms with Gasteiger partial charge in [0.25, 0.3) is 0 Å². The Labute approximate surface area is 96.5 Å². The van der Waals surface area contributed by atoms with Gasteiger partial charge >= 0.3 is 0 Å². The number of hydrogen-bond donors (Lipinski definition) is 1. The lowest BCUT2D eigenvalue weighted by Crippen LogP contribution is -2.29. The first-order valence-corrected chi connectivity index (χ1v) is 6.17. The van der Waals surface area contributed by atoms with E-state index in [2.05, 4.69) is 31.1 Å². The number of thiazole rings is 1. The van der Waals surface area contributed by atoms with Gasteiger partial charge in [-0.3, -0.25) is 0 Å². The van der Waals surface area contributed by atoms with E-state index in [4.69, 9.17) is 0 Å². The molecule has 0 spiro atoms. The first-order valence-electron chi connectivity index (χ1n) is 5.36. The minimum Gasteiger partial charge on any atom is -0.354 e. The highest BCUT2D eigenvalue weighted by Gasteiger charge is 2.08. The van der Waals surface area contributed by atoms with Crippen molar-refractivity contribution < 1.29 is 0 Å². The molecule has 0 aliphatic heterocycles. The van der Waals surface area contributed by atoms with E-state index in [9.17, 15) is 0 Å². The van der Waals surface area contributed by atoms with Gasteiger partial charge in [-0.05, 0) is 12.8 Å². The predicted molar refractivity (Wildman–Crippen MR) is 67.6 cm³/mol. The standard InChI is InChI=1S/C11H21N3S/c1-8(2)9(3)12-6-10-7-13-11(15-10)14(4)5/h7-9,12H,6H2,1-5H3. The van der Waals surface area contributed by atoms with Crippen LogP contribution in [0.2, 0.25) is 0 Å². The van der Waals surface area contributed by atoms with Crippen molar-refractivity contribution in [2.45, 2.75) is 33.4 Å².